The van der Waals surface area contributed by atoms with Crippen LogP contribution >= 0.6 is 11.6 Å². The van der Waals surface area contributed by atoms with Crippen LogP contribution in [0, 0.1) is 5.82 Å². The molecule has 0 bridgehead atoms. The number of aryl methyl sites for hydroxylation is 1. The Morgan fingerprint density at radius 3 is 2.65 bits per heavy atom. The number of aliphatic carboxylic acids is 1. The van der Waals surface area contributed by atoms with Gasteiger partial charge in [0.25, 0.3) is 0 Å². The first-order valence-corrected chi connectivity index (χ1v) is 8.36. The van der Waals surface area contributed by atoms with Crippen LogP contribution in [0.4, 0.5) is 4.39 Å². The van der Waals surface area contributed by atoms with Crippen molar-refractivity contribution >= 4 is 23.5 Å². The van der Waals surface area contributed by atoms with E-state index in [1.807, 2.05) is 18.2 Å². The topological polar surface area (TPSA) is 75.6 Å². The quantitative estimate of drug-likeness (QED) is 0.732. The molecule has 26 heavy (non-hydrogen) atoms. The Morgan fingerprint density at radius 2 is 2.00 bits per heavy atom. The van der Waals surface area contributed by atoms with Gasteiger partial charge in [0.2, 0.25) is 5.91 Å². The molecule has 0 fully saturated rings. The number of ether oxygens (including phenoxy) is 1. The average molecular weight is 380 g/mol. The van der Waals surface area contributed by atoms with Crippen LogP contribution in [0.2, 0.25) is 5.02 Å². The number of carbonyl (C=O) groups is 2. The molecule has 2 aromatic carbocycles. The van der Waals surface area contributed by atoms with Gasteiger partial charge in [0, 0.05) is 6.42 Å². The summed E-state index contributed by atoms with van der Waals surface area (Å²) in [4.78, 5) is 23.4. The highest BCUT2D eigenvalue weighted by Crippen LogP contribution is 2.23. The number of para-hydroxylation sites is 1. The normalized spacial score (nSPS) is 11.7. The Balaban J connectivity index is 2.06. The van der Waals surface area contributed by atoms with Crippen molar-refractivity contribution in [2.45, 2.75) is 25.3 Å². The fourth-order valence-electron chi connectivity index (χ4n) is 2.58. The molecule has 0 radical (unpaired) electrons. The number of nitrogens with one attached hydrogen (secondary N) is 1. The molecule has 0 aromatic heterocycles. The summed E-state index contributed by atoms with van der Waals surface area (Å²) in [5, 5.41) is 11.7. The third kappa shape index (κ3) is 5.46. The molecular weight excluding hydrogens is 361 g/mol. The summed E-state index contributed by atoms with van der Waals surface area (Å²) in [6.45, 7) is 0. The predicted octanol–water partition coefficient (Wildman–Crippen LogP) is 3.75. The van der Waals surface area contributed by atoms with Crippen LogP contribution in [0.25, 0.3) is 0 Å². The number of carbonyl (C=O) groups excluding carboxylic acids is 1. The van der Waals surface area contributed by atoms with Gasteiger partial charge in [-0.1, -0.05) is 35.9 Å². The van der Waals surface area contributed by atoms with Crippen molar-refractivity contribution in [2.75, 3.05) is 7.11 Å². The number of methoxy groups -OCH3 is 1. The summed E-state index contributed by atoms with van der Waals surface area (Å²) in [6, 6.07) is 10.5. The minimum absolute atomic E-state index is 0.0645. The standard InChI is InChI=1S/C19H19ClFNO4/c1-26-17-5-3-2-4-12(17)7-9-18(23)22-16(11-19(24)25)13-6-8-14(20)15(21)10-13/h2-6,8,10,16H,7,9,11H2,1H3,(H,22,23)(H,24,25). The Labute approximate surface area is 155 Å². The lowest BCUT2D eigenvalue weighted by Gasteiger charge is -2.18. The van der Waals surface area contributed by atoms with E-state index in [1.165, 1.54) is 12.1 Å². The number of carboxylic acid groups (broad SMARTS) is 1. The lowest BCUT2D eigenvalue weighted by Crippen LogP contribution is -2.30. The molecule has 2 aromatic rings. The van der Waals surface area contributed by atoms with Gasteiger partial charge in [-0.25, -0.2) is 4.39 Å². The molecule has 7 heteroatoms. The fraction of sp³-hybridized carbons (Fsp3) is 0.263. The molecule has 0 heterocycles. The SMILES string of the molecule is COc1ccccc1CCC(=O)NC(CC(=O)O)c1ccc(Cl)c(F)c1. The van der Waals surface area contributed by atoms with Gasteiger partial charge < -0.3 is 15.2 Å². The molecule has 0 spiro atoms. The van der Waals surface area contributed by atoms with Gasteiger partial charge in [-0.05, 0) is 35.7 Å². The highest BCUT2D eigenvalue weighted by Gasteiger charge is 2.19. The van der Waals surface area contributed by atoms with Crippen LogP contribution in [-0.4, -0.2) is 24.1 Å². The summed E-state index contributed by atoms with van der Waals surface area (Å²) in [5.74, 6) is -1.42. The van der Waals surface area contributed by atoms with E-state index in [2.05, 4.69) is 5.32 Å². The molecule has 2 N–H and O–H groups in total. The summed E-state index contributed by atoms with van der Waals surface area (Å²) in [7, 11) is 1.55. The highest BCUT2D eigenvalue weighted by atomic mass is 35.5. The Hall–Kier alpha value is -2.60. The zero-order valence-corrected chi connectivity index (χ0v) is 14.9. The maximum absolute atomic E-state index is 13.7. The number of halogens is 2. The third-order valence-electron chi connectivity index (χ3n) is 3.87. The first kappa shape index (κ1) is 19.7. The number of carboxylic acids is 1. The van der Waals surface area contributed by atoms with Gasteiger partial charge in [0.1, 0.15) is 11.6 Å². The molecular formula is C19H19ClFNO4. The van der Waals surface area contributed by atoms with Crippen LogP contribution < -0.4 is 10.1 Å². The molecule has 0 aliphatic rings. The summed E-state index contributed by atoms with van der Waals surface area (Å²) < 4.78 is 18.9. The average Bonchev–Trinajstić information content (AvgIpc) is 2.61. The first-order valence-electron chi connectivity index (χ1n) is 7.98. The second kappa shape index (κ2) is 9.20. The largest absolute Gasteiger partial charge is 0.496 e. The Morgan fingerprint density at radius 1 is 1.27 bits per heavy atom. The maximum Gasteiger partial charge on any atom is 0.305 e. The Bertz CT molecular complexity index is 797. The lowest BCUT2D eigenvalue weighted by molar-refractivity contribution is -0.137. The summed E-state index contributed by atoms with van der Waals surface area (Å²) in [5.41, 5.74) is 1.22. The molecule has 1 atom stereocenters. The maximum atomic E-state index is 13.7. The van der Waals surface area contributed by atoms with Gasteiger partial charge in [0.15, 0.2) is 0 Å². The monoisotopic (exact) mass is 379 g/mol. The second-order valence-electron chi connectivity index (χ2n) is 5.70. The molecule has 5 nitrogen and oxygen atoms in total. The zero-order chi connectivity index (χ0) is 19.1. The molecule has 1 amide bonds. The van der Waals surface area contributed by atoms with Gasteiger partial charge in [-0.3, -0.25) is 9.59 Å². The van der Waals surface area contributed by atoms with E-state index < -0.39 is 17.8 Å². The third-order valence-corrected chi connectivity index (χ3v) is 4.18. The van der Waals surface area contributed by atoms with E-state index in [0.29, 0.717) is 17.7 Å². The van der Waals surface area contributed by atoms with Gasteiger partial charge in [-0.2, -0.15) is 0 Å². The number of hydrogen-bond acceptors (Lipinski definition) is 3. The van der Waals surface area contributed by atoms with Crippen molar-refractivity contribution < 1.29 is 23.8 Å². The molecule has 138 valence electrons. The van der Waals surface area contributed by atoms with Crippen molar-refractivity contribution in [1.29, 1.82) is 0 Å². The number of rotatable bonds is 8. The summed E-state index contributed by atoms with van der Waals surface area (Å²) >= 11 is 5.65. The minimum Gasteiger partial charge on any atom is -0.496 e. The molecule has 0 saturated carbocycles. The molecule has 0 aliphatic heterocycles. The number of benzene rings is 2. The van der Waals surface area contributed by atoms with Crippen LogP contribution in [0.5, 0.6) is 5.75 Å². The van der Waals surface area contributed by atoms with Crippen molar-refractivity contribution in [2.24, 2.45) is 0 Å². The second-order valence-corrected chi connectivity index (χ2v) is 6.11. The fourth-order valence-corrected chi connectivity index (χ4v) is 2.70. The van der Waals surface area contributed by atoms with E-state index in [0.717, 1.165) is 11.6 Å². The van der Waals surface area contributed by atoms with Gasteiger partial charge >= 0.3 is 5.97 Å². The molecule has 1 unspecified atom stereocenters. The molecule has 0 aliphatic carbocycles. The van der Waals surface area contributed by atoms with Gasteiger partial charge in [0.05, 0.1) is 24.6 Å². The predicted molar refractivity (Wildman–Crippen MR) is 95.9 cm³/mol. The first-order chi connectivity index (χ1) is 12.4. The molecule has 0 saturated heterocycles. The highest BCUT2D eigenvalue weighted by molar-refractivity contribution is 6.30. The van der Waals surface area contributed by atoms with E-state index >= 15 is 0 Å². The van der Waals surface area contributed by atoms with Crippen molar-refractivity contribution in [3.63, 3.8) is 0 Å². The molecule has 2 rings (SSSR count). The zero-order valence-electron chi connectivity index (χ0n) is 14.2. The van der Waals surface area contributed by atoms with Gasteiger partial charge in [-0.15, -0.1) is 0 Å². The number of amides is 1. The lowest BCUT2D eigenvalue weighted by atomic mass is 10.0. The van der Waals surface area contributed by atoms with Crippen molar-refractivity contribution in [3.05, 3.63) is 64.4 Å². The van der Waals surface area contributed by atoms with Crippen LogP contribution in [0.3, 0.4) is 0 Å². The smallest absolute Gasteiger partial charge is 0.305 e. The summed E-state index contributed by atoms with van der Waals surface area (Å²) in [6.07, 6.45) is 0.221. The van der Waals surface area contributed by atoms with E-state index in [-0.39, 0.29) is 23.8 Å². The Kier molecular flexibility index (Phi) is 6.97. The van der Waals surface area contributed by atoms with Crippen LogP contribution in [0.15, 0.2) is 42.5 Å². The van der Waals surface area contributed by atoms with Crippen LogP contribution in [-0.2, 0) is 16.0 Å². The van der Waals surface area contributed by atoms with Crippen molar-refractivity contribution in [1.82, 2.24) is 5.32 Å². The minimum atomic E-state index is -1.10. The van der Waals surface area contributed by atoms with E-state index in [9.17, 15) is 14.0 Å². The van der Waals surface area contributed by atoms with Crippen LogP contribution in [0.1, 0.15) is 30.0 Å². The van der Waals surface area contributed by atoms with Crippen molar-refractivity contribution in [3.8, 4) is 5.75 Å². The van der Waals surface area contributed by atoms with E-state index in [4.69, 9.17) is 21.4 Å². The van der Waals surface area contributed by atoms with E-state index in [1.54, 1.807) is 13.2 Å². The number of hydrogen-bond donors (Lipinski definition) is 2.